The van der Waals surface area contributed by atoms with Gasteiger partial charge in [0.05, 0.1) is 7.11 Å². The second kappa shape index (κ2) is 7.99. The molecule has 2 fully saturated rings. The van der Waals surface area contributed by atoms with Gasteiger partial charge >= 0.3 is 0 Å². The minimum Gasteiger partial charge on any atom is -0.497 e. The van der Waals surface area contributed by atoms with E-state index in [4.69, 9.17) is 4.74 Å². The van der Waals surface area contributed by atoms with Crippen molar-refractivity contribution >= 4 is 5.91 Å². The molecule has 5 heteroatoms. The SMILES string of the molecule is COc1cccc(C(=O)N[C@H]2CCCN(C3CCN(C)CC3)C2)c1. The van der Waals surface area contributed by atoms with Gasteiger partial charge in [-0.2, -0.15) is 0 Å². The number of likely N-dealkylation sites (tertiary alicyclic amines) is 2. The van der Waals surface area contributed by atoms with Crippen molar-refractivity contribution in [3.63, 3.8) is 0 Å². The van der Waals surface area contributed by atoms with E-state index in [-0.39, 0.29) is 11.9 Å². The van der Waals surface area contributed by atoms with Crippen molar-refractivity contribution in [1.29, 1.82) is 0 Å². The third-order valence-electron chi connectivity index (χ3n) is 5.32. The average molecular weight is 331 g/mol. The molecule has 0 aliphatic carbocycles. The van der Waals surface area contributed by atoms with Gasteiger partial charge < -0.3 is 15.0 Å². The van der Waals surface area contributed by atoms with Crippen molar-refractivity contribution < 1.29 is 9.53 Å². The highest BCUT2D eigenvalue weighted by atomic mass is 16.5. The molecule has 3 rings (SSSR count). The van der Waals surface area contributed by atoms with Crippen LogP contribution in [-0.2, 0) is 0 Å². The van der Waals surface area contributed by atoms with Gasteiger partial charge in [0.2, 0.25) is 0 Å². The number of benzene rings is 1. The van der Waals surface area contributed by atoms with Gasteiger partial charge in [0, 0.05) is 24.2 Å². The Labute approximate surface area is 145 Å². The molecule has 24 heavy (non-hydrogen) atoms. The Balaban J connectivity index is 1.55. The van der Waals surface area contributed by atoms with Gasteiger partial charge in [-0.25, -0.2) is 0 Å². The van der Waals surface area contributed by atoms with Gasteiger partial charge in [0.1, 0.15) is 5.75 Å². The molecule has 0 saturated carbocycles. The van der Waals surface area contributed by atoms with Crippen LogP contribution in [-0.4, -0.2) is 68.1 Å². The summed E-state index contributed by atoms with van der Waals surface area (Å²) in [5.74, 6) is 0.725. The van der Waals surface area contributed by atoms with Crippen molar-refractivity contribution in [2.75, 3.05) is 40.3 Å². The van der Waals surface area contributed by atoms with Crippen LogP contribution in [0.25, 0.3) is 0 Å². The topological polar surface area (TPSA) is 44.8 Å². The number of amides is 1. The maximum absolute atomic E-state index is 12.5. The quantitative estimate of drug-likeness (QED) is 0.916. The zero-order chi connectivity index (χ0) is 16.9. The van der Waals surface area contributed by atoms with Gasteiger partial charge in [-0.1, -0.05) is 6.07 Å². The number of hydrogen-bond acceptors (Lipinski definition) is 4. The number of hydrogen-bond donors (Lipinski definition) is 1. The van der Waals surface area contributed by atoms with E-state index in [9.17, 15) is 4.79 Å². The molecule has 2 saturated heterocycles. The molecule has 0 spiro atoms. The molecular weight excluding hydrogens is 302 g/mol. The molecule has 1 aromatic rings. The Kier molecular flexibility index (Phi) is 5.74. The van der Waals surface area contributed by atoms with E-state index in [0.717, 1.165) is 25.1 Å². The highest BCUT2D eigenvalue weighted by Crippen LogP contribution is 2.21. The summed E-state index contributed by atoms with van der Waals surface area (Å²) in [6, 6.07) is 8.29. The predicted molar refractivity (Wildman–Crippen MR) is 95.6 cm³/mol. The summed E-state index contributed by atoms with van der Waals surface area (Å²) < 4.78 is 5.21. The normalized spacial score (nSPS) is 23.8. The lowest BCUT2D eigenvalue weighted by atomic mass is 9.98. The van der Waals surface area contributed by atoms with Crippen LogP contribution in [0.1, 0.15) is 36.0 Å². The van der Waals surface area contributed by atoms with Crippen LogP contribution in [0.15, 0.2) is 24.3 Å². The summed E-state index contributed by atoms with van der Waals surface area (Å²) >= 11 is 0. The number of nitrogens with zero attached hydrogens (tertiary/aromatic N) is 2. The third kappa shape index (κ3) is 4.28. The molecule has 132 valence electrons. The van der Waals surface area contributed by atoms with Gasteiger partial charge in [-0.15, -0.1) is 0 Å². The summed E-state index contributed by atoms with van der Waals surface area (Å²) in [4.78, 5) is 17.5. The Morgan fingerprint density at radius 3 is 2.75 bits per heavy atom. The summed E-state index contributed by atoms with van der Waals surface area (Å²) in [5.41, 5.74) is 0.672. The summed E-state index contributed by atoms with van der Waals surface area (Å²) in [6.07, 6.45) is 4.72. The summed E-state index contributed by atoms with van der Waals surface area (Å²) in [6.45, 7) is 4.51. The molecule has 2 aliphatic rings. The zero-order valence-electron chi connectivity index (χ0n) is 14.8. The maximum Gasteiger partial charge on any atom is 0.251 e. The monoisotopic (exact) mass is 331 g/mol. The van der Waals surface area contributed by atoms with E-state index in [1.165, 1.54) is 32.5 Å². The molecule has 0 radical (unpaired) electrons. The Morgan fingerprint density at radius 2 is 2.00 bits per heavy atom. The van der Waals surface area contributed by atoms with Crippen molar-refractivity contribution in [1.82, 2.24) is 15.1 Å². The lowest BCUT2D eigenvalue weighted by Gasteiger charge is -2.41. The smallest absolute Gasteiger partial charge is 0.251 e. The van der Waals surface area contributed by atoms with Crippen LogP contribution in [0, 0.1) is 0 Å². The number of piperidine rings is 2. The van der Waals surface area contributed by atoms with Crippen LogP contribution in [0.4, 0.5) is 0 Å². The van der Waals surface area contributed by atoms with E-state index in [2.05, 4.69) is 22.2 Å². The van der Waals surface area contributed by atoms with Crippen molar-refractivity contribution in [2.45, 2.75) is 37.8 Å². The zero-order valence-corrected chi connectivity index (χ0v) is 14.8. The van der Waals surface area contributed by atoms with Crippen LogP contribution in [0.2, 0.25) is 0 Å². The third-order valence-corrected chi connectivity index (χ3v) is 5.32. The van der Waals surface area contributed by atoms with E-state index in [1.54, 1.807) is 13.2 Å². The molecule has 2 aliphatic heterocycles. The van der Waals surface area contributed by atoms with E-state index in [0.29, 0.717) is 11.6 Å². The second-order valence-electron chi connectivity index (χ2n) is 7.07. The van der Waals surface area contributed by atoms with Crippen LogP contribution >= 0.6 is 0 Å². The standard InChI is InChI=1S/C19H29N3O2/c1-21-11-8-17(9-12-21)22-10-4-6-16(14-22)20-19(23)15-5-3-7-18(13-15)24-2/h3,5,7,13,16-17H,4,6,8-12,14H2,1-2H3,(H,20,23)/t16-/m0/s1. The first-order chi connectivity index (χ1) is 11.7. The number of carbonyl (C=O) groups is 1. The van der Waals surface area contributed by atoms with E-state index >= 15 is 0 Å². The fourth-order valence-corrected chi connectivity index (χ4v) is 3.85. The van der Waals surface area contributed by atoms with E-state index in [1.807, 2.05) is 18.2 Å². The minimum absolute atomic E-state index is 0.00382. The van der Waals surface area contributed by atoms with Gasteiger partial charge in [-0.3, -0.25) is 9.69 Å². The fourth-order valence-electron chi connectivity index (χ4n) is 3.85. The molecule has 1 atom stereocenters. The first-order valence-corrected chi connectivity index (χ1v) is 9.03. The molecule has 5 nitrogen and oxygen atoms in total. The van der Waals surface area contributed by atoms with Crippen LogP contribution in [0.3, 0.4) is 0 Å². The molecular formula is C19H29N3O2. The van der Waals surface area contributed by atoms with Gasteiger partial charge in [0.25, 0.3) is 5.91 Å². The Bertz CT molecular complexity index is 555. The molecule has 2 heterocycles. The van der Waals surface area contributed by atoms with Crippen molar-refractivity contribution in [3.05, 3.63) is 29.8 Å². The highest BCUT2D eigenvalue weighted by Gasteiger charge is 2.28. The highest BCUT2D eigenvalue weighted by molar-refractivity contribution is 5.94. The minimum atomic E-state index is 0.00382. The maximum atomic E-state index is 12.5. The average Bonchev–Trinajstić information content (AvgIpc) is 2.62. The lowest BCUT2D eigenvalue weighted by molar-refractivity contribution is 0.0766. The number of ether oxygens (including phenoxy) is 1. The Morgan fingerprint density at radius 1 is 1.21 bits per heavy atom. The largest absolute Gasteiger partial charge is 0.497 e. The number of methoxy groups -OCH3 is 1. The van der Waals surface area contributed by atoms with Crippen LogP contribution in [0.5, 0.6) is 5.75 Å². The van der Waals surface area contributed by atoms with Crippen molar-refractivity contribution in [3.8, 4) is 5.75 Å². The van der Waals surface area contributed by atoms with Gasteiger partial charge in [0.15, 0.2) is 0 Å². The molecule has 1 aromatic carbocycles. The van der Waals surface area contributed by atoms with E-state index < -0.39 is 0 Å². The Hall–Kier alpha value is -1.59. The summed E-state index contributed by atoms with van der Waals surface area (Å²) in [5, 5.41) is 3.22. The number of nitrogens with one attached hydrogen (secondary N) is 1. The first-order valence-electron chi connectivity index (χ1n) is 9.03. The van der Waals surface area contributed by atoms with Gasteiger partial charge in [-0.05, 0) is 70.6 Å². The molecule has 1 amide bonds. The molecule has 0 unspecified atom stereocenters. The first kappa shape index (κ1) is 17.2. The second-order valence-corrected chi connectivity index (χ2v) is 7.07. The summed E-state index contributed by atoms with van der Waals surface area (Å²) in [7, 11) is 3.82. The fraction of sp³-hybridized carbons (Fsp3) is 0.632. The van der Waals surface area contributed by atoms with Crippen LogP contribution < -0.4 is 10.1 Å². The molecule has 0 bridgehead atoms. The van der Waals surface area contributed by atoms with Crippen molar-refractivity contribution in [2.24, 2.45) is 0 Å². The lowest BCUT2D eigenvalue weighted by Crippen LogP contribution is -2.53. The molecule has 0 aromatic heterocycles. The molecule has 1 N–H and O–H groups in total. The number of rotatable bonds is 4. The predicted octanol–water partition coefficient (Wildman–Crippen LogP) is 1.98. The number of carbonyl (C=O) groups excluding carboxylic acids is 1.